The van der Waals surface area contributed by atoms with Crippen molar-refractivity contribution in [2.75, 3.05) is 13.2 Å². The minimum Gasteiger partial charge on any atom is -0.465 e. The number of likely N-dealkylation sites (tertiary alicyclic amines) is 1. The SMILES string of the molecule is CCOC(=O)C1CCCCN1Cc1ccc(F)c(C#N)c1. The summed E-state index contributed by atoms with van der Waals surface area (Å²) in [6, 6.07) is 6.11. The summed E-state index contributed by atoms with van der Waals surface area (Å²) in [5, 5.41) is 8.88. The highest BCUT2D eigenvalue weighted by atomic mass is 19.1. The fourth-order valence-electron chi connectivity index (χ4n) is 2.68. The van der Waals surface area contributed by atoms with Gasteiger partial charge in [-0.05, 0) is 44.0 Å². The molecule has 0 saturated carbocycles. The van der Waals surface area contributed by atoms with Gasteiger partial charge in [0.2, 0.25) is 0 Å². The molecule has 4 nitrogen and oxygen atoms in total. The molecule has 1 saturated heterocycles. The smallest absolute Gasteiger partial charge is 0.323 e. The lowest BCUT2D eigenvalue weighted by molar-refractivity contribution is -0.151. The summed E-state index contributed by atoms with van der Waals surface area (Å²) < 4.78 is 18.5. The second-order valence-corrected chi connectivity index (χ2v) is 5.16. The highest BCUT2D eigenvalue weighted by Crippen LogP contribution is 2.21. The average Bonchev–Trinajstić information content (AvgIpc) is 2.50. The van der Waals surface area contributed by atoms with Crippen molar-refractivity contribution in [3.8, 4) is 6.07 Å². The van der Waals surface area contributed by atoms with Gasteiger partial charge in [0.15, 0.2) is 0 Å². The first kappa shape index (κ1) is 15.5. The number of halogens is 1. The van der Waals surface area contributed by atoms with Crippen molar-refractivity contribution in [3.05, 3.63) is 35.1 Å². The molecule has 1 fully saturated rings. The maximum Gasteiger partial charge on any atom is 0.323 e. The van der Waals surface area contributed by atoms with Crippen LogP contribution in [0.1, 0.15) is 37.3 Å². The van der Waals surface area contributed by atoms with Gasteiger partial charge in [-0.1, -0.05) is 12.5 Å². The summed E-state index contributed by atoms with van der Waals surface area (Å²) in [7, 11) is 0. The Hall–Kier alpha value is -1.93. The number of benzene rings is 1. The quantitative estimate of drug-likeness (QED) is 0.800. The summed E-state index contributed by atoms with van der Waals surface area (Å²) >= 11 is 0. The van der Waals surface area contributed by atoms with E-state index in [9.17, 15) is 9.18 Å². The molecule has 1 aromatic rings. The first-order valence-corrected chi connectivity index (χ1v) is 7.25. The Morgan fingerprint density at radius 3 is 3.05 bits per heavy atom. The van der Waals surface area contributed by atoms with E-state index in [1.54, 1.807) is 19.1 Å². The molecule has 1 aliphatic rings. The molecule has 0 radical (unpaired) electrons. The first-order chi connectivity index (χ1) is 10.2. The number of hydrogen-bond acceptors (Lipinski definition) is 4. The molecule has 0 spiro atoms. The number of esters is 1. The normalized spacial score (nSPS) is 19.0. The summed E-state index contributed by atoms with van der Waals surface area (Å²) in [4.78, 5) is 14.1. The van der Waals surface area contributed by atoms with Crippen LogP contribution in [0.2, 0.25) is 0 Å². The summed E-state index contributed by atoms with van der Waals surface area (Å²) in [6.45, 7) is 3.50. The van der Waals surface area contributed by atoms with Crippen LogP contribution in [0, 0.1) is 17.1 Å². The third kappa shape index (κ3) is 3.79. The Balaban J connectivity index is 2.12. The summed E-state index contributed by atoms with van der Waals surface area (Å²) in [6.07, 6.45) is 2.82. The van der Waals surface area contributed by atoms with Gasteiger partial charge in [-0.25, -0.2) is 4.39 Å². The molecule has 1 aromatic carbocycles. The van der Waals surface area contributed by atoms with Crippen LogP contribution in [0.5, 0.6) is 0 Å². The van der Waals surface area contributed by atoms with Crippen molar-refractivity contribution >= 4 is 5.97 Å². The van der Waals surface area contributed by atoms with Crippen LogP contribution in [0.25, 0.3) is 0 Å². The Kier molecular flexibility index (Phi) is 5.29. The number of ether oxygens (including phenoxy) is 1. The average molecular weight is 290 g/mol. The molecule has 112 valence electrons. The lowest BCUT2D eigenvalue weighted by Crippen LogP contribution is -2.44. The fourth-order valence-corrected chi connectivity index (χ4v) is 2.68. The van der Waals surface area contributed by atoms with Crippen LogP contribution in [0.3, 0.4) is 0 Å². The Labute approximate surface area is 124 Å². The molecule has 0 bridgehead atoms. The van der Waals surface area contributed by atoms with E-state index >= 15 is 0 Å². The van der Waals surface area contributed by atoms with Crippen molar-refractivity contribution in [1.82, 2.24) is 4.90 Å². The van der Waals surface area contributed by atoms with E-state index in [1.165, 1.54) is 6.07 Å². The fraction of sp³-hybridized carbons (Fsp3) is 0.500. The van der Waals surface area contributed by atoms with Crippen LogP contribution >= 0.6 is 0 Å². The highest BCUT2D eigenvalue weighted by Gasteiger charge is 2.29. The molecule has 2 rings (SSSR count). The van der Waals surface area contributed by atoms with E-state index in [-0.39, 0.29) is 17.6 Å². The van der Waals surface area contributed by atoms with Crippen molar-refractivity contribution in [1.29, 1.82) is 5.26 Å². The van der Waals surface area contributed by atoms with Crippen LogP contribution in [0.15, 0.2) is 18.2 Å². The maximum absolute atomic E-state index is 13.3. The van der Waals surface area contributed by atoms with Crippen LogP contribution in [-0.2, 0) is 16.1 Å². The van der Waals surface area contributed by atoms with Gasteiger partial charge in [-0.15, -0.1) is 0 Å². The molecule has 21 heavy (non-hydrogen) atoms. The molecule has 5 heteroatoms. The van der Waals surface area contributed by atoms with Gasteiger partial charge >= 0.3 is 5.97 Å². The van der Waals surface area contributed by atoms with E-state index in [0.717, 1.165) is 31.4 Å². The predicted octanol–water partition coefficient (Wildman–Crippen LogP) is 2.61. The molecule has 0 aliphatic carbocycles. The molecular weight excluding hydrogens is 271 g/mol. The molecule has 0 aromatic heterocycles. The summed E-state index contributed by atoms with van der Waals surface area (Å²) in [5.74, 6) is -0.707. The van der Waals surface area contributed by atoms with Gasteiger partial charge < -0.3 is 4.74 Å². The number of nitriles is 1. The highest BCUT2D eigenvalue weighted by molar-refractivity contribution is 5.75. The zero-order valence-electron chi connectivity index (χ0n) is 12.1. The zero-order valence-corrected chi connectivity index (χ0v) is 12.1. The number of nitrogens with zero attached hydrogens (tertiary/aromatic N) is 2. The maximum atomic E-state index is 13.3. The van der Waals surface area contributed by atoms with Gasteiger partial charge in [0.1, 0.15) is 17.9 Å². The van der Waals surface area contributed by atoms with Crippen LogP contribution < -0.4 is 0 Å². The monoisotopic (exact) mass is 290 g/mol. The first-order valence-electron chi connectivity index (χ1n) is 7.25. The van der Waals surface area contributed by atoms with E-state index in [0.29, 0.717) is 13.2 Å². The third-order valence-electron chi connectivity index (χ3n) is 3.71. The number of hydrogen-bond donors (Lipinski definition) is 0. The number of carbonyl (C=O) groups is 1. The van der Waals surface area contributed by atoms with Crippen LogP contribution in [0.4, 0.5) is 4.39 Å². The predicted molar refractivity (Wildman–Crippen MR) is 75.8 cm³/mol. The van der Waals surface area contributed by atoms with Crippen LogP contribution in [-0.4, -0.2) is 30.1 Å². The standard InChI is InChI=1S/C16H19FN2O2/c1-2-21-16(20)15-5-3-4-8-19(15)11-12-6-7-14(17)13(9-12)10-18/h6-7,9,15H,2-5,8,11H2,1H3. The minimum absolute atomic E-state index is 0.0391. The van der Waals surface area contributed by atoms with Gasteiger partial charge in [-0.2, -0.15) is 5.26 Å². The zero-order chi connectivity index (χ0) is 15.2. The lowest BCUT2D eigenvalue weighted by atomic mass is 10.0. The molecular formula is C16H19FN2O2. The minimum atomic E-state index is -0.512. The largest absolute Gasteiger partial charge is 0.465 e. The second kappa shape index (κ2) is 7.19. The van der Waals surface area contributed by atoms with Gasteiger partial charge in [0.05, 0.1) is 12.2 Å². The number of rotatable bonds is 4. The molecule has 1 aliphatic heterocycles. The molecule has 1 unspecified atom stereocenters. The third-order valence-corrected chi connectivity index (χ3v) is 3.71. The number of piperidine rings is 1. The van der Waals surface area contributed by atoms with E-state index < -0.39 is 5.82 Å². The van der Waals surface area contributed by atoms with Crippen molar-refractivity contribution in [2.45, 2.75) is 38.8 Å². The lowest BCUT2D eigenvalue weighted by Gasteiger charge is -2.34. The van der Waals surface area contributed by atoms with Gasteiger partial charge in [0, 0.05) is 6.54 Å². The van der Waals surface area contributed by atoms with E-state index in [2.05, 4.69) is 4.90 Å². The molecule has 0 N–H and O–H groups in total. The molecule has 1 atom stereocenters. The Morgan fingerprint density at radius 2 is 2.33 bits per heavy atom. The van der Waals surface area contributed by atoms with Crippen molar-refractivity contribution < 1.29 is 13.9 Å². The van der Waals surface area contributed by atoms with Crippen molar-refractivity contribution in [3.63, 3.8) is 0 Å². The second-order valence-electron chi connectivity index (χ2n) is 5.16. The molecule has 1 heterocycles. The Morgan fingerprint density at radius 1 is 1.52 bits per heavy atom. The van der Waals surface area contributed by atoms with E-state index in [4.69, 9.17) is 10.00 Å². The van der Waals surface area contributed by atoms with Gasteiger partial charge in [-0.3, -0.25) is 9.69 Å². The Bertz CT molecular complexity index is 554. The topological polar surface area (TPSA) is 53.3 Å². The van der Waals surface area contributed by atoms with Gasteiger partial charge in [0.25, 0.3) is 0 Å². The van der Waals surface area contributed by atoms with E-state index in [1.807, 2.05) is 6.07 Å². The number of carbonyl (C=O) groups excluding carboxylic acids is 1. The summed E-state index contributed by atoms with van der Waals surface area (Å²) in [5.41, 5.74) is 0.876. The molecule has 0 amide bonds. The van der Waals surface area contributed by atoms with Crippen molar-refractivity contribution in [2.24, 2.45) is 0 Å².